The fourth-order valence-electron chi connectivity index (χ4n) is 2.19. The molecular weight excluding hydrogens is 303 g/mol. The minimum atomic E-state index is 0.444. The highest BCUT2D eigenvalue weighted by Gasteiger charge is 2.16. The zero-order chi connectivity index (χ0) is 15.2. The van der Waals surface area contributed by atoms with Crippen LogP contribution < -0.4 is 4.74 Å². The first-order chi connectivity index (χ1) is 10.1. The molecule has 0 aliphatic rings. The van der Waals surface area contributed by atoms with E-state index in [-0.39, 0.29) is 0 Å². The number of hydrogen-bond donors (Lipinski definition) is 0. The Hall–Kier alpha value is -1.18. The molecule has 0 unspecified atom stereocenters. The highest BCUT2D eigenvalue weighted by molar-refractivity contribution is 6.35. The monoisotopic (exact) mass is 322 g/mol. The minimum Gasteiger partial charge on any atom is -0.492 e. The van der Waals surface area contributed by atoms with Crippen molar-refractivity contribution in [3.05, 3.63) is 64.1 Å². The van der Waals surface area contributed by atoms with E-state index in [0.717, 1.165) is 6.42 Å². The van der Waals surface area contributed by atoms with Gasteiger partial charge in [0.1, 0.15) is 5.75 Å². The fraction of sp³-hybridized carbons (Fsp3) is 0.333. The van der Waals surface area contributed by atoms with Crippen LogP contribution in [0.1, 0.15) is 19.4 Å². The van der Waals surface area contributed by atoms with Crippen molar-refractivity contribution in [1.29, 1.82) is 0 Å². The van der Waals surface area contributed by atoms with Crippen molar-refractivity contribution < 1.29 is 4.74 Å². The van der Waals surface area contributed by atoms with E-state index in [1.54, 1.807) is 12.1 Å². The SMILES string of the molecule is CC(C)[C@@H](COc1ccc(Cl)cc1Cl)Cc1ccccc1. The van der Waals surface area contributed by atoms with Gasteiger partial charge in [-0.15, -0.1) is 0 Å². The van der Waals surface area contributed by atoms with Crippen LogP contribution in [0.15, 0.2) is 48.5 Å². The van der Waals surface area contributed by atoms with E-state index >= 15 is 0 Å². The molecule has 0 aromatic heterocycles. The van der Waals surface area contributed by atoms with Crippen molar-refractivity contribution in [2.45, 2.75) is 20.3 Å². The van der Waals surface area contributed by atoms with Crippen LogP contribution >= 0.6 is 23.2 Å². The van der Waals surface area contributed by atoms with E-state index in [0.29, 0.717) is 34.2 Å². The molecule has 1 nitrogen and oxygen atoms in total. The molecular formula is C18H20Cl2O. The molecule has 0 bridgehead atoms. The van der Waals surface area contributed by atoms with E-state index in [2.05, 4.69) is 38.1 Å². The maximum atomic E-state index is 6.14. The lowest BCUT2D eigenvalue weighted by molar-refractivity contribution is 0.208. The summed E-state index contributed by atoms with van der Waals surface area (Å²) in [5.41, 5.74) is 1.34. The van der Waals surface area contributed by atoms with Crippen LogP contribution in [0, 0.1) is 11.8 Å². The van der Waals surface area contributed by atoms with Gasteiger partial charge >= 0.3 is 0 Å². The molecule has 0 saturated heterocycles. The van der Waals surface area contributed by atoms with Crippen molar-refractivity contribution in [2.75, 3.05) is 6.61 Å². The Bertz CT molecular complexity index is 567. The summed E-state index contributed by atoms with van der Waals surface area (Å²) in [6.07, 6.45) is 1.00. The van der Waals surface area contributed by atoms with Gasteiger partial charge in [0, 0.05) is 5.02 Å². The summed E-state index contributed by atoms with van der Waals surface area (Å²) >= 11 is 12.0. The van der Waals surface area contributed by atoms with Crippen molar-refractivity contribution >= 4 is 23.2 Å². The molecule has 0 aliphatic carbocycles. The molecule has 0 radical (unpaired) electrons. The van der Waals surface area contributed by atoms with Crippen LogP contribution in [-0.2, 0) is 6.42 Å². The first kappa shape index (κ1) is 16.2. The summed E-state index contributed by atoms with van der Waals surface area (Å²) in [4.78, 5) is 0. The largest absolute Gasteiger partial charge is 0.492 e. The molecule has 2 aromatic carbocycles. The number of halogens is 2. The van der Waals surface area contributed by atoms with Crippen molar-refractivity contribution in [3.8, 4) is 5.75 Å². The van der Waals surface area contributed by atoms with Gasteiger partial charge < -0.3 is 4.74 Å². The lowest BCUT2D eigenvalue weighted by Gasteiger charge is -2.22. The van der Waals surface area contributed by atoms with Crippen LogP contribution in [0.2, 0.25) is 10.0 Å². The van der Waals surface area contributed by atoms with Crippen LogP contribution in [0.5, 0.6) is 5.75 Å². The van der Waals surface area contributed by atoms with Crippen LogP contribution in [0.3, 0.4) is 0 Å². The van der Waals surface area contributed by atoms with Crippen molar-refractivity contribution in [3.63, 3.8) is 0 Å². The van der Waals surface area contributed by atoms with E-state index in [1.807, 2.05) is 12.1 Å². The van der Waals surface area contributed by atoms with E-state index in [9.17, 15) is 0 Å². The third-order valence-electron chi connectivity index (χ3n) is 3.63. The number of benzene rings is 2. The predicted molar refractivity (Wildman–Crippen MR) is 90.4 cm³/mol. The number of hydrogen-bond acceptors (Lipinski definition) is 1. The van der Waals surface area contributed by atoms with E-state index in [4.69, 9.17) is 27.9 Å². The lowest BCUT2D eigenvalue weighted by atomic mass is 9.90. The summed E-state index contributed by atoms with van der Waals surface area (Å²) in [7, 11) is 0. The Morgan fingerprint density at radius 3 is 2.33 bits per heavy atom. The molecule has 0 aliphatic heterocycles. The first-order valence-electron chi connectivity index (χ1n) is 7.18. The van der Waals surface area contributed by atoms with E-state index < -0.39 is 0 Å². The van der Waals surface area contributed by atoms with Gasteiger partial charge in [-0.05, 0) is 42.0 Å². The fourth-order valence-corrected chi connectivity index (χ4v) is 2.66. The molecule has 0 fully saturated rings. The second-order valence-corrected chi connectivity index (χ2v) is 6.42. The Morgan fingerprint density at radius 1 is 1.00 bits per heavy atom. The van der Waals surface area contributed by atoms with E-state index in [1.165, 1.54) is 5.56 Å². The summed E-state index contributed by atoms with van der Waals surface area (Å²) in [6, 6.07) is 15.8. The molecule has 112 valence electrons. The minimum absolute atomic E-state index is 0.444. The standard InChI is InChI=1S/C18H20Cl2O/c1-13(2)15(10-14-6-4-3-5-7-14)12-21-18-9-8-16(19)11-17(18)20/h3-9,11,13,15H,10,12H2,1-2H3/t15-/m1/s1. The van der Waals surface area contributed by atoms with Crippen molar-refractivity contribution in [2.24, 2.45) is 11.8 Å². The molecule has 0 saturated carbocycles. The van der Waals surface area contributed by atoms with Gasteiger partial charge in [-0.3, -0.25) is 0 Å². The molecule has 2 aromatic rings. The Labute approximate surface area is 136 Å². The van der Waals surface area contributed by atoms with Crippen molar-refractivity contribution in [1.82, 2.24) is 0 Å². The summed E-state index contributed by atoms with van der Waals surface area (Å²) in [5.74, 6) is 1.68. The second-order valence-electron chi connectivity index (χ2n) is 5.58. The summed E-state index contributed by atoms with van der Waals surface area (Å²) in [6.45, 7) is 5.09. The van der Waals surface area contributed by atoms with Gasteiger partial charge in [-0.25, -0.2) is 0 Å². The molecule has 0 spiro atoms. The Morgan fingerprint density at radius 2 is 1.71 bits per heavy atom. The van der Waals surface area contributed by atoms with Gasteiger partial charge in [0.15, 0.2) is 0 Å². The van der Waals surface area contributed by atoms with Gasteiger partial charge in [-0.1, -0.05) is 67.4 Å². The van der Waals surface area contributed by atoms with Crippen LogP contribution in [0.25, 0.3) is 0 Å². The molecule has 0 N–H and O–H groups in total. The third kappa shape index (κ3) is 4.94. The normalized spacial score (nSPS) is 12.4. The van der Waals surface area contributed by atoms with Crippen LogP contribution in [-0.4, -0.2) is 6.61 Å². The summed E-state index contributed by atoms with van der Waals surface area (Å²) in [5, 5.41) is 1.18. The summed E-state index contributed by atoms with van der Waals surface area (Å²) < 4.78 is 5.90. The van der Waals surface area contributed by atoms with Gasteiger partial charge in [-0.2, -0.15) is 0 Å². The zero-order valence-electron chi connectivity index (χ0n) is 12.4. The highest BCUT2D eigenvalue weighted by Crippen LogP contribution is 2.28. The zero-order valence-corrected chi connectivity index (χ0v) is 13.9. The quantitative estimate of drug-likeness (QED) is 0.644. The van der Waals surface area contributed by atoms with Crippen LogP contribution in [0.4, 0.5) is 0 Å². The average molecular weight is 323 g/mol. The molecule has 3 heteroatoms. The topological polar surface area (TPSA) is 9.23 Å². The molecule has 2 rings (SSSR count). The average Bonchev–Trinajstić information content (AvgIpc) is 2.46. The van der Waals surface area contributed by atoms with Gasteiger partial charge in [0.05, 0.1) is 11.6 Å². The molecule has 1 atom stereocenters. The maximum absolute atomic E-state index is 6.14. The lowest BCUT2D eigenvalue weighted by Crippen LogP contribution is -2.20. The Kier molecular flexibility index (Phi) is 5.96. The second kappa shape index (κ2) is 7.72. The van der Waals surface area contributed by atoms with Gasteiger partial charge in [0.25, 0.3) is 0 Å². The van der Waals surface area contributed by atoms with Gasteiger partial charge in [0.2, 0.25) is 0 Å². The maximum Gasteiger partial charge on any atom is 0.137 e. The molecule has 0 amide bonds. The Balaban J connectivity index is 2.00. The number of rotatable bonds is 6. The predicted octanol–water partition coefficient (Wildman–Crippen LogP) is 5.89. The third-order valence-corrected chi connectivity index (χ3v) is 4.16. The molecule has 0 heterocycles. The smallest absolute Gasteiger partial charge is 0.137 e. The number of ether oxygens (including phenoxy) is 1. The first-order valence-corrected chi connectivity index (χ1v) is 7.93. The highest BCUT2D eigenvalue weighted by atomic mass is 35.5. The molecule has 21 heavy (non-hydrogen) atoms.